The summed E-state index contributed by atoms with van der Waals surface area (Å²) in [6.45, 7) is 4.53. The maximum absolute atomic E-state index is 13.3. The number of carbonyl (C=O) groups excluding carboxylic acids is 4. The molecule has 2 aromatic carbocycles. The first kappa shape index (κ1) is 37.9. The second-order valence-electron chi connectivity index (χ2n) is 13.8. The maximum Gasteiger partial charge on any atom is 0.264 e. The highest BCUT2D eigenvalue weighted by atomic mass is 16.5. The number of aromatic nitrogens is 3. The minimum Gasteiger partial charge on any atom is -0.404 e. The number of piperidine rings is 2. The van der Waals surface area contributed by atoms with Gasteiger partial charge in [-0.3, -0.25) is 34.4 Å². The van der Waals surface area contributed by atoms with Gasteiger partial charge in [-0.25, -0.2) is 4.98 Å². The predicted octanol–water partition coefficient (Wildman–Crippen LogP) is 3.69. The van der Waals surface area contributed by atoms with Crippen molar-refractivity contribution < 1.29 is 23.9 Å². The number of benzene rings is 2. The van der Waals surface area contributed by atoms with Crippen molar-refractivity contribution in [1.82, 2.24) is 30.1 Å². The molecule has 16 nitrogen and oxygen atoms in total. The van der Waals surface area contributed by atoms with E-state index in [1.54, 1.807) is 30.6 Å². The summed E-state index contributed by atoms with van der Waals surface area (Å²) in [6.07, 6.45) is 7.47. The van der Waals surface area contributed by atoms with E-state index in [9.17, 15) is 19.2 Å². The summed E-state index contributed by atoms with van der Waals surface area (Å²) in [7, 11) is 0. The molecule has 3 aliphatic heterocycles. The number of likely N-dealkylation sites (tertiary alicyclic amines) is 1. The quantitative estimate of drug-likeness (QED) is 0.0665. The molecule has 1 unspecified atom stereocenters. The third-order valence-electron chi connectivity index (χ3n) is 10.3. The van der Waals surface area contributed by atoms with E-state index in [1.165, 1.54) is 11.8 Å². The van der Waals surface area contributed by atoms with Crippen LogP contribution in [0.5, 0.6) is 0 Å². The molecule has 3 aliphatic rings. The van der Waals surface area contributed by atoms with Crippen molar-refractivity contribution in [2.45, 2.75) is 44.1 Å². The maximum atomic E-state index is 13.3. The minimum atomic E-state index is -1.00. The Bertz CT molecular complexity index is 2220. The lowest BCUT2D eigenvalue weighted by molar-refractivity contribution is -0.136. The number of aromatic amines is 1. The number of anilines is 3. The van der Waals surface area contributed by atoms with Gasteiger partial charge in [-0.1, -0.05) is 18.2 Å². The third kappa shape index (κ3) is 8.28. The number of aliphatic imine (C=N–C) groups is 1. The van der Waals surface area contributed by atoms with Crippen LogP contribution in [0.15, 0.2) is 65.9 Å². The summed E-state index contributed by atoms with van der Waals surface area (Å²) >= 11 is 0. The van der Waals surface area contributed by atoms with E-state index >= 15 is 0 Å². The molecule has 1 atom stereocenters. The van der Waals surface area contributed by atoms with Crippen molar-refractivity contribution in [3.05, 3.63) is 83.3 Å². The monoisotopic (exact) mass is 757 g/mol. The van der Waals surface area contributed by atoms with Gasteiger partial charge in [0.15, 0.2) is 0 Å². The SMILES string of the molecule is N#CCCN=C/C(=C\N)c1nc(Nc2ccc(C3CCN(CCOCCNc4cccc5c4C(=O)N(C4CCC(=O)NC4=O)C5=O)CC3)cc2)nc2[nH]ccc12. The number of nitrogens with zero attached hydrogens (tertiary/aromatic N) is 6. The zero-order valence-electron chi connectivity index (χ0n) is 30.8. The van der Waals surface area contributed by atoms with Crippen LogP contribution in [0.25, 0.3) is 16.6 Å². The van der Waals surface area contributed by atoms with Crippen LogP contribution < -0.4 is 21.7 Å². The average Bonchev–Trinajstić information content (AvgIpc) is 3.78. The van der Waals surface area contributed by atoms with Crippen LogP contribution in [0, 0.1) is 11.3 Å². The van der Waals surface area contributed by atoms with Crippen LogP contribution in [-0.2, 0) is 14.3 Å². The van der Waals surface area contributed by atoms with Gasteiger partial charge in [-0.2, -0.15) is 10.2 Å². The smallest absolute Gasteiger partial charge is 0.264 e. The normalized spacial score (nSPS) is 18.1. The molecule has 4 aromatic rings. The Morgan fingerprint density at radius 3 is 2.62 bits per heavy atom. The van der Waals surface area contributed by atoms with E-state index in [0.29, 0.717) is 67.2 Å². The molecule has 5 heterocycles. The highest BCUT2D eigenvalue weighted by Gasteiger charge is 2.45. The molecule has 0 aliphatic carbocycles. The molecule has 0 spiro atoms. The Kier molecular flexibility index (Phi) is 11.7. The number of allylic oxidation sites excluding steroid dienone is 1. The van der Waals surface area contributed by atoms with E-state index in [2.05, 4.69) is 54.0 Å². The van der Waals surface area contributed by atoms with Gasteiger partial charge in [0.25, 0.3) is 11.8 Å². The molecular weight excluding hydrogens is 715 g/mol. The fraction of sp³-hybridized carbons (Fsp3) is 0.350. The lowest BCUT2D eigenvalue weighted by Crippen LogP contribution is -2.54. The number of amides is 4. The van der Waals surface area contributed by atoms with E-state index in [1.807, 2.05) is 18.2 Å². The van der Waals surface area contributed by atoms with Crippen LogP contribution in [0.3, 0.4) is 0 Å². The van der Waals surface area contributed by atoms with Crippen molar-refractivity contribution in [2.24, 2.45) is 10.7 Å². The number of hydrogen-bond donors (Lipinski definition) is 5. The minimum absolute atomic E-state index is 0.0719. The fourth-order valence-electron chi connectivity index (χ4n) is 7.35. The number of hydrogen-bond acceptors (Lipinski definition) is 13. The van der Waals surface area contributed by atoms with Crippen LogP contribution >= 0.6 is 0 Å². The fourth-order valence-corrected chi connectivity index (χ4v) is 7.35. The van der Waals surface area contributed by atoms with Gasteiger partial charge in [-0.15, -0.1) is 0 Å². The van der Waals surface area contributed by atoms with Gasteiger partial charge >= 0.3 is 0 Å². The van der Waals surface area contributed by atoms with Crippen LogP contribution in [0.2, 0.25) is 0 Å². The molecule has 6 N–H and O–H groups in total. The molecule has 288 valence electrons. The predicted molar refractivity (Wildman–Crippen MR) is 210 cm³/mol. The van der Waals surface area contributed by atoms with E-state index in [0.717, 1.165) is 48.4 Å². The number of imide groups is 2. The number of nitrogens with one attached hydrogen (secondary N) is 4. The molecular formula is C40H43N11O5. The molecule has 16 heteroatoms. The molecule has 2 aromatic heterocycles. The Hall–Kier alpha value is -6.44. The number of fused-ring (bicyclic) bond motifs is 2. The van der Waals surface area contributed by atoms with Crippen molar-refractivity contribution in [3.8, 4) is 6.07 Å². The highest BCUT2D eigenvalue weighted by molar-refractivity contribution is 6.25. The standard InChI is InChI=1S/C40H43N11O5/c41-14-2-15-43-24-27(23-42)35-30-11-16-45-36(30)49-40(48-35)46-28-7-5-25(6-8-28)26-12-18-50(19-13-26)20-22-56-21-17-44-31-4-1-3-29-34(31)39(55)51(38(29)54)32-9-10-33(52)47-37(32)53/h1,3-8,11,16,23-24,26,32,44H,2,9-10,12-13,15,17-22,42H2,(H,47,52,53)(H2,45,46,48,49)/b27-23+,43-24?. The Labute approximate surface area is 323 Å². The van der Waals surface area contributed by atoms with Crippen LogP contribution in [-0.4, -0.2) is 107 Å². The Balaban J connectivity index is 0.846. The summed E-state index contributed by atoms with van der Waals surface area (Å²) in [5.74, 6) is -1.24. The average molecular weight is 758 g/mol. The topological polar surface area (TPSA) is 224 Å². The molecule has 2 fully saturated rings. The van der Waals surface area contributed by atoms with Gasteiger partial charge in [0.1, 0.15) is 11.7 Å². The Morgan fingerprint density at radius 2 is 1.86 bits per heavy atom. The van der Waals surface area contributed by atoms with Crippen molar-refractivity contribution >= 4 is 63.8 Å². The summed E-state index contributed by atoms with van der Waals surface area (Å²) in [6, 6.07) is 16.4. The first-order valence-electron chi connectivity index (χ1n) is 18.7. The van der Waals surface area contributed by atoms with Gasteiger partial charge in [-0.05, 0) is 74.2 Å². The van der Waals surface area contributed by atoms with E-state index in [4.69, 9.17) is 20.7 Å². The molecule has 0 bridgehead atoms. The second-order valence-corrected chi connectivity index (χ2v) is 13.8. The highest BCUT2D eigenvalue weighted by Crippen LogP contribution is 2.33. The first-order valence-corrected chi connectivity index (χ1v) is 18.7. The number of carbonyl (C=O) groups is 4. The van der Waals surface area contributed by atoms with Crippen molar-refractivity contribution in [2.75, 3.05) is 56.6 Å². The zero-order chi connectivity index (χ0) is 39.0. The largest absolute Gasteiger partial charge is 0.404 e. The lowest BCUT2D eigenvalue weighted by Gasteiger charge is -2.32. The molecule has 2 saturated heterocycles. The number of nitriles is 1. The van der Waals surface area contributed by atoms with E-state index in [-0.39, 0.29) is 24.0 Å². The second kappa shape index (κ2) is 17.4. The molecule has 56 heavy (non-hydrogen) atoms. The number of nitrogens with two attached hydrogens (primary N) is 1. The van der Waals surface area contributed by atoms with Gasteiger partial charge < -0.3 is 31.0 Å². The summed E-state index contributed by atoms with van der Waals surface area (Å²) in [4.78, 5) is 70.6. The lowest BCUT2D eigenvalue weighted by atomic mass is 9.89. The van der Waals surface area contributed by atoms with Gasteiger partial charge in [0, 0.05) is 60.5 Å². The van der Waals surface area contributed by atoms with Gasteiger partial charge in [0.2, 0.25) is 17.8 Å². The molecule has 0 radical (unpaired) electrons. The van der Waals surface area contributed by atoms with Crippen molar-refractivity contribution in [3.63, 3.8) is 0 Å². The van der Waals surface area contributed by atoms with Gasteiger partial charge in [0.05, 0.1) is 49.1 Å². The molecule has 0 saturated carbocycles. The first-order chi connectivity index (χ1) is 27.3. The summed E-state index contributed by atoms with van der Waals surface area (Å²) in [5, 5.41) is 18.4. The number of rotatable bonds is 15. The molecule has 7 rings (SSSR count). The number of ether oxygens (including phenoxy) is 1. The van der Waals surface area contributed by atoms with Crippen LogP contribution in [0.4, 0.5) is 17.3 Å². The Morgan fingerprint density at radius 1 is 1.04 bits per heavy atom. The van der Waals surface area contributed by atoms with E-state index < -0.39 is 29.7 Å². The van der Waals surface area contributed by atoms with Crippen LogP contribution in [0.1, 0.15) is 70.0 Å². The van der Waals surface area contributed by atoms with Crippen molar-refractivity contribution in [1.29, 1.82) is 5.26 Å². The zero-order valence-corrected chi connectivity index (χ0v) is 30.8. The summed E-state index contributed by atoms with van der Waals surface area (Å²) in [5.41, 5.74) is 11.0. The molecule has 4 amide bonds. The summed E-state index contributed by atoms with van der Waals surface area (Å²) < 4.78 is 5.91. The third-order valence-corrected chi connectivity index (χ3v) is 10.3. The number of H-pyrrole nitrogens is 1.